The van der Waals surface area contributed by atoms with Gasteiger partial charge in [0, 0.05) is 29.7 Å². The molecule has 0 radical (unpaired) electrons. The Labute approximate surface area is 141 Å². The molecule has 0 spiro atoms. The normalized spacial score (nSPS) is 22.3. The van der Waals surface area contributed by atoms with Crippen LogP contribution in [0.25, 0.3) is 0 Å². The molecule has 1 saturated heterocycles. The van der Waals surface area contributed by atoms with Gasteiger partial charge >= 0.3 is 6.03 Å². The predicted octanol–water partition coefficient (Wildman–Crippen LogP) is 2.72. The second kappa shape index (κ2) is 6.32. The van der Waals surface area contributed by atoms with Gasteiger partial charge < -0.3 is 5.32 Å². The lowest BCUT2D eigenvalue weighted by Crippen LogP contribution is -2.39. The highest BCUT2D eigenvalue weighted by Gasteiger charge is 2.41. The van der Waals surface area contributed by atoms with Crippen LogP contribution >= 0.6 is 0 Å². The Hall–Kier alpha value is -2.87. The van der Waals surface area contributed by atoms with Crippen LogP contribution in [0, 0.1) is 11.8 Å². The first kappa shape index (κ1) is 14.7. The van der Waals surface area contributed by atoms with Crippen LogP contribution in [0.2, 0.25) is 0 Å². The molecule has 24 heavy (non-hydrogen) atoms. The fourth-order valence-corrected chi connectivity index (χ4v) is 3.42. The minimum absolute atomic E-state index is 0.0337. The first-order valence-corrected chi connectivity index (χ1v) is 8.29. The van der Waals surface area contributed by atoms with Crippen molar-refractivity contribution in [3.05, 3.63) is 54.0 Å². The largest absolute Gasteiger partial charge is 0.333 e. The average molecular weight is 318 g/mol. The number of carbonyl (C=O) groups is 1. The van der Waals surface area contributed by atoms with Gasteiger partial charge in [0.2, 0.25) is 0 Å². The number of pyridine rings is 2. The summed E-state index contributed by atoms with van der Waals surface area (Å²) in [5.74, 6) is 6.84. The van der Waals surface area contributed by atoms with Crippen LogP contribution in [0.1, 0.15) is 36.8 Å². The molecule has 1 aliphatic carbocycles. The number of fused-ring (bicyclic) bond motifs is 1. The highest BCUT2D eigenvalue weighted by Crippen LogP contribution is 2.31. The van der Waals surface area contributed by atoms with Crippen molar-refractivity contribution in [1.82, 2.24) is 15.3 Å². The molecule has 3 heterocycles. The maximum Gasteiger partial charge on any atom is 0.323 e. The van der Waals surface area contributed by atoms with Crippen LogP contribution in [-0.2, 0) is 0 Å². The lowest BCUT2D eigenvalue weighted by atomic mass is 9.91. The van der Waals surface area contributed by atoms with Crippen LogP contribution in [0.5, 0.6) is 0 Å². The van der Waals surface area contributed by atoms with E-state index < -0.39 is 0 Å². The molecule has 0 bridgehead atoms. The number of hydrogen-bond donors (Lipinski definition) is 1. The van der Waals surface area contributed by atoms with Crippen LogP contribution in [0.4, 0.5) is 10.6 Å². The van der Waals surface area contributed by atoms with E-state index in [1.165, 1.54) is 12.8 Å². The molecule has 2 aromatic rings. The highest BCUT2D eigenvalue weighted by molar-refractivity contribution is 5.94. The standard InChI is InChI=1S/C19H18N4O/c24-19-22-16-5-1-2-6-17(16)23(19)18-10-9-15(13-21-18)8-7-14-4-3-11-20-12-14/h3-4,9-13,16-17H,1-2,5-6H2,(H,22,24). The zero-order chi connectivity index (χ0) is 16.4. The monoisotopic (exact) mass is 318 g/mol. The maximum atomic E-state index is 12.3. The van der Waals surface area contributed by atoms with E-state index in [1.807, 2.05) is 29.2 Å². The number of nitrogens with one attached hydrogen (secondary N) is 1. The summed E-state index contributed by atoms with van der Waals surface area (Å²) in [7, 11) is 0. The lowest BCUT2D eigenvalue weighted by molar-refractivity contribution is 0.250. The second-order valence-electron chi connectivity index (χ2n) is 6.17. The number of urea groups is 1. The Balaban J connectivity index is 1.54. The molecule has 2 unspecified atom stereocenters. The summed E-state index contributed by atoms with van der Waals surface area (Å²) in [4.78, 5) is 22.6. The lowest BCUT2D eigenvalue weighted by Gasteiger charge is -2.29. The summed E-state index contributed by atoms with van der Waals surface area (Å²) in [6.45, 7) is 0. The first-order valence-electron chi connectivity index (χ1n) is 8.29. The topological polar surface area (TPSA) is 58.1 Å². The second-order valence-corrected chi connectivity index (χ2v) is 6.17. The number of nitrogens with zero attached hydrogens (tertiary/aromatic N) is 3. The van der Waals surface area contributed by atoms with E-state index >= 15 is 0 Å². The van der Waals surface area contributed by atoms with Crippen molar-refractivity contribution in [2.45, 2.75) is 37.8 Å². The SMILES string of the molecule is O=C1NC2CCCCC2N1c1ccc(C#Cc2cccnc2)cn1. The molecular weight excluding hydrogens is 300 g/mol. The van der Waals surface area contributed by atoms with Crippen LogP contribution in [0.3, 0.4) is 0 Å². The number of anilines is 1. The fourth-order valence-electron chi connectivity index (χ4n) is 3.42. The van der Waals surface area contributed by atoms with E-state index in [1.54, 1.807) is 18.6 Å². The Morgan fingerprint density at radius 3 is 2.67 bits per heavy atom. The Bertz CT molecular complexity index is 792. The predicted molar refractivity (Wildman–Crippen MR) is 91.5 cm³/mol. The highest BCUT2D eigenvalue weighted by atomic mass is 16.2. The summed E-state index contributed by atoms with van der Waals surface area (Å²) in [6.07, 6.45) is 9.62. The molecule has 0 aromatic carbocycles. The van der Waals surface area contributed by atoms with E-state index in [0.29, 0.717) is 5.82 Å². The molecule has 5 heteroatoms. The van der Waals surface area contributed by atoms with Gasteiger partial charge in [-0.1, -0.05) is 24.7 Å². The zero-order valence-electron chi connectivity index (χ0n) is 13.3. The van der Waals surface area contributed by atoms with Crippen molar-refractivity contribution >= 4 is 11.8 Å². The third-order valence-corrected chi connectivity index (χ3v) is 4.60. The van der Waals surface area contributed by atoms with Crippen molar-refractivity contribution in [3.63, 3.8) is 0 Å². The molecule has 2 aliphatic rings. The molecule has 2 atom stereocenters. The van der Waals surface area contributed by atoms with E-state index in [2.05, 4.69) is 27.1 Å². The van der Waals surface area contributed by atoms with Gasteiger partial charge in [-0.2, -0.15) is 0 Å². The van der Waals surface area contributed by atoms with Crippen molar-refractivity contribution in [1.29, 1.82) is 0 Å². The number of aromatic nitrogens is 2. The summed E-state index contributed by atoms with van der Waals surface area (Å²) in [6, 6.07) is 8.02. The van der Waals surface area contributed by atoms with Crippen molar-refractivity contribution in [3.8, 4) is 11.8 Å². The van der Waals surface area contributed by atoms with Gasteiger partial charge in [0.05, 0.1) is 12.1 Å². The van der Waals surface area contributed by atoms with Crippen molar-refractivity contribution in [2.75, 3.05) is 4.90 Å². The number of hydrogen-bond acceptors (Lipinski definition) is 3. The van der Waals surface area contributed by atoms with Gasteiger partial charge in [-0.05, 0) is 37.1 Å². The Morgan fingerprint density at radius 2 is 1.92 bits per heavy atom. The van der Waals surface area contributed by atoms with Crippen LogP contribution in [-0.4, -0.2) is 28.1 Å². The summed E-state index contributed by atoms with van der Waals surface area (Å²) >= 11 is 0. The summed E-state index contributed by atoms with van der Waals surface area (Å²) in [5.41, 5.74) is 1.69. The van der Waals surface area contributed by atoms with E-state index in [-0.39, 0.29) is 18.1 Å². The fraction of sp³-hybridized carbons (Fsp3) is 0.316. The van der Waals surface area contributed by atoms with Gasteiger partial charge in [0.25, 0.3) is 0 Å². The molecule has 1 aliphatic heterocycles. The zero-order valence-corrected chi connectivity index (χ0v) is 13.3. The minimum Gasteiger partial charge on any atom is -0.333 e. The van der Waals surface area contributed by atoms with Crippen LogP contribution < -0.4 is 10.2 Å². The smallest absolute Gasteiger partial charge is 0.323 e. The quantitative estimate of drug-likeness (QED) is 0.823. The maximum absolute atomic E-state index is 12.3. The molecule has 1 N–H and O–H groups in total. The van der Waals surface area contributed by atoms with E-state index in [9.17, 15) is 4.79 Å². The third kappa shape index (κ3) is 2.83. The van der Waals surface area contributed by atoms with Crippen molar-refractivity contribution in [2.24, 2.45) is 0 Å². The Kier molecular flexibility index (Phi) is 3.87. The number of amides is 2. The number of carbonyl (C=O) groups excluding carboxylic acids is 1. The number of rotatable bonds is 1. The van der Waals surface area contributed by atoms with Gasteiger partial charge in [0.15, 0.2) is 0 Å². The molecule has 120 valence electrons. The molecule has 1 saturated carbocycles. The molecule has 5 nitrogen and oxygen atoms in total. The van der Waals surface area contributed by atoms with E-state index in [0.717, 1.165) is 24.0 Å². The van der Waals surface area contributed by atoms with Gasteiger partial charge in [-0.25, -0.2) is 9.78 Å². The summed E-state index contributed by atoms with van der Waals surface area (Å²) < 4.78 is 0. The first-order chi connectivity index (χ1) is 11.8. The van der Waals surface area contributed by atoms with Gasteiger partial charge in [-0.3, -0.25) is 9.88 Å². The average Bonchev–Trinajstić information content (AvgIpc) is 2.97. The molecule has 2 fully saturated rings. The molecular formula is C19H18N4O. The van der Waals surface area contributed by atoms with Gasteiger partial charge in [-0.15, -0.1) is 0 Å². The third-order valence-electron chi connectivity index (χ3n) is 4.60. The summed E-state index contributed by atoms with van der Waals surface area (Å²) in [5, 5.41) is 3.08. The van der Waals surface area contributed by atoms with Crippen LogP contribution in [0.15, 0.2) is 42.9 Å². The molecule has 4 rings (SSSR count). The minimum atomic E-state index is -0.0337. The molecule has 2 aromatic heterocycles. The van der Waals surface area contributed by atoms with E-state index in [4.69, 9.17) is 0 Å². The van der Waals surface area contributed by atoms with Gasteiger partial charge in [0.1, 0.15) is 5.82 Å². The van der Waals surface area contributed by atoms with Crippen molar-refractivity contribution < 1.29 is 4.79 Å². The Morgan fingerprint density at radius 1 is 1.08 bits per heavy atom. The molecule has 2 amide bonds.